The van der Waals surface area contributed by atoms with E-state index in [1.807, 2.05) is 54.6 Å². The number of thiazole rings is 1. The quantitative estimate of drug-likeness (QED) is 0.246. The molecule has 31 heavy (non-hydrogen) atoms. The average Bonchev–Trinajstić information content (AvgIpc) is 3.45. The number of rotatable bonds is 9. The second-order valence-corrected chi connectivity index (χ2v) is 8.40. The molecule has 0 unspecified atom stereocenters. The zero-order valence-corrected chi connectivity index (χ0v) is 18.9. The third kappa shape index (κ3) is 4.81. The molecular formula is C23H22N4O2S2. The number of ether oxygens (including phenoxy) is 2. The van der Waals surface area contributed by atoms with E-state index >= 15 is 0 Å². The van der Waals surface area contributed by atoms with Crippen LogP contribution in [0.25, 0.3) is 22.0 Å². The normalized spacial score (nSPS) is 10.8. The van der Waals surface area contributed by atoms with Crippen molar-refractivity contribution in [2.45, 2.75) is 17.5 Å². The lowest BCUT2D eigenvalue weighted by molar-refractivity contribution is 0.414. The second kappa shape index (κ2) is 9.80. The zero-order chi connectivity index (χ0) is 21.6. The summed E-state index contributed by atoms with van der Waals surface area (Å²) in [5, 5.41) is 12.7. The van der Waals surface area contributed by atoms with E-state index in [1.165, 1.54) is 0 Å². The first-order valence-corrected chi connectivity index (χ1v) is 11.5. The summed E-state index contributed by atoms with van der Waals surface area (Å²) in [6.07, 6.45) is 1.85. The van der Waals surface area contributed by atoms with Crippen molar-refractivity contribution in [2.75, 3.05) is 14.2 Å². The van der Waals surface area contributed by atoms with Crippen LogP contribution in [-0.4, -0.2) is 34.0 Å². The van der Waals surface area contributed by atoms with Gasteiger partial charge in [0.15, 0.2) is 11.0 Å². The number of nitrogens with zero attached hydrogens (tertiary/aromatic N) is 4. The Kier molecular flexibility index (Phi) is 6.69. The lowest BCUT2D eigenvalue weighted by Crippen LogP contribution is -2.00. The first kappa shape index (κ1) is 21.1. The van der Waals surface area contributed by atoms with Crippen molar-refractivity contribution >= 4 is 23.1 Å². The van der Waals surface area contributed by atoms with Gasteiger partial charge in [-0.1, -0.05) is 17.8 Å². The molecule has 0 saturated heterocycles. The second-order valence-electron chi connectivity index (χ2n) is 6.60. The minimum Gasteiger partial charge on any atom is -0.497 e. The fraction of sp³-hybridized carbons (Fsp3) is 0.174. The topological polar surface area (TPSA) is 62.1 Å². The molecule has 2 heterocycles. The molecule has 158 valence electrons. The van der Waals surface area contributed by atoms with Crippen molar-refractivity contribution in [3.63, 3.8) is 0 Å². The van der Waals surface area contributed by atoms with E-state index in [4.69, 9.17) is 14.5 Å². The maximum absolute atomic E-state index is 5.25. The van der Waals surface area contributed by atoms with Gasteiger partial charge in [0.05, 0.1) is 19.9 Å². The van der Waals surface area contributed by atoms with Gasteiger partial charge in [-0.2, -0.15) is 0 Å². The van der Waals surface area contributed by atoms with E-state index in [0.717, 1.165) is 44.3 Å². The van der Waals surface area contributed by atoms with Gasteiger partial charge in [0.25, 0.3) is 0 Å². The van der Waals surface area contributed by atoms with Crippen LogP contribution in [0, 0.1) is 0 Å². The summed E-state index contributed by atoms with van der Waals surface area (Å²) in [5.41, 5.74) is 3.08. The third-order valence-corrected chi connectivity index (χ3v) is 6.56. The van der Waals surface area contributed by atoms with E-state index < -0.39 is 0 Å². The first-order chi connectivity index (χ1) is 15.2. The Balaban J connectivity index is 1.50. The largest absolute Gasteiger partial charge is 0.497 e. The van der Waals surface area contributed by atoms with Crippen molar-refractivity contribution in [3.05, 3.63) is 72.3 Å². The Morgan fingerprint density at radius 1 is 0.968 bits per heavy atom. The standard InChI is InChI=1S/C23H22N4O2S2/c1-4-13-27-21(16-5-9-19(28-2)10-6-16)25-26-23(27)31-15-18-14-30-22(24-18)17-7-11-20(29-3)12-8-17/h4-12,14H,1,13,15H2,2-3H3. The summed E-state index contributed by atoms with van der Waals surface area (Å²) in [6, 6.07) is 15.8. The van der Waals surface area contributed by atoms with Crippen LogP contribution in [-0.2, 0) is 12.3 Å². The number of allylic oxidation sites excluding steroid dienone is 1. The van der Waals surface area contributed by atoms with Gasteiger partial charge in [-0.05, 0) is 48.5 Å². The van der Waals surface area contributed by atoms with Gasteiger partial charge in [0.1, 0.15) is 16.5 Å². The maximum atomic E-state index is 5.25. The summed E-state index contributed by atoms with van der Waals surface area (Å²) in [7, 11) is 3.32. The predicted octanol–water partition coefficient (Wildman–Crippen LogP) is 5.56. The van der Waals surface area contributed by atoms with Gasteiger partial charge in [0.2, 0.25) is 0 Å². The number of hydrogen-bond donors (Lipinski definition) is 0. The molecule has 0 radical (unpaired) electrons. The van der Waals surface area contributed by atoms with Crippen molar-refractivity contribution in [2.24, 2.45) is 0 Å². The average molecular weight is 451 g/mol. The van der Waals surface area contributed by atoms with Gasteiger partial charge >= 0.3 is 0 Å². The summed E-state index contributed by atoms with van der Waals surface area (Å²) < 4.78 is 12.5. The highest BCUT2D eigenvalue weighted by molar-refractivity contribution is 7.98. The predicted molar refractivity (Wildman–Crippen MR) is 126 cm³/mol. The summed E-state index contributed by atoms with van der Waals surface area (Å²) in [6.45, 7) is 4.51. The Morgan fingerprint density at radius 3 is 2.23 bits per heavy atom. The molecule has 4 rings (SSSR count). The lowest BCUT2D eigenvalue weighted by atomic mass is 10.2. The Morgan fingerprint density at radius 2 is 1.61 bits per heavy atom. The monoisotopic (exact) mass is 450 g/mol. The molecule has 2 aromatic carbocycles. The Hall–Kier alpha value is -3.10. The van der Waals surface area contributed by atoms with E-state index in [0.29, 0.717) is 12.3 Å². The minimum atomic E-state index is 0.630. The van der Waals surface area contributed by atoms with E-state index in [2.05, 4.69) is 26.7 Å². The van der Waals surface area contributed by atoms with Gasteiger partial charge in [-0.25, -0.2) is 4.98 Å². The molecule has 8 heteroatoms. The highest BCUT2D eigenvalue weighted by Gasteiger charge is 2.15. The van der Waals surface area contributed by atoms with Crippen LogP contribution < -0.4 is 9.47 Å². The van der Waals surface area contributed by atoms with Crippen LogP contribution in [0.1, 0.15) is 5.69 Å². The summed E-state index contributed by atoms with van der Waals surface area (Å²) in [5.74, 6) is 3.17. The van der Waals surface area contributed by atoms with Gasteiger partial charge in [-0.3, -0.25) is 4.57 Å². The van der Waals surface area contributed by atoms with Gasteiger partial charge < -0.3 is 9.47 Å². The molecule has 0 aliphatic rings. The van der Waals surface area contributed by atoms with Gasteiger partial charge in [-0.15, -0.1) is 28.1 Å². The summed E-state index contributed by atoms with van der Waals surface area (Å²) >= 11 is 3.25. The molecule has 0 saturated carbocycles. The fourth-order valence-electron chi connectivity index (χ4n) is 3.02. The Labute approximate surface area is 189 Å². The molecule has 0 atom stereocenters. The molecule has 0 fully saturated rings. The molecule has 4 aromatic rings. The van der Waals surface area contributed by atoms with E-state index in [9.17, 15) is 0 Å². The zero-order valence-electron chi connectivity index (χ0n) is 17.3. The van der Waals surface area contributed by atoms with Crippen LogP contribution >= 0.6 is 23.1 Å². The van der Waals surface area contributed by atoms with Crippen LogP contribution in [0.15, 0.2) is 71.7 Å². The molecule has 0 N–H and O–H groups in total. The molecule has 0 bridgehead atoms. The number of aromatic nitrogens is 4. The molecule has 0 aliphatic heterocycles. The Bertz CT molecular complexity index is 1150. The maximum Gasteiger partial charge on any atom is 0.192 e. The lowest BCUT2D eigenvalue weighted by Gasteiger charge is -2.08. The van der Waals surface area contributed by atoms with Gasteiger partial charge in [0, 0.05) is 28.8 Å². The third-order valence-electron chi connectivity index (χ3n) is 4.61. The highest BCUT2D eigenvalue weighted by Crippen LogP contribution is 2.30. The first-order valence-electron chi connectivity index (χ1n) is 9.62. The van der Waals surface area contributed by atoms with Crippen molar-refractivity contribution in [1.82, 2.24) is 19.7 Å². The van der Waals surface area contributed by atoms with Crippen molar-refractivity contribution in [3.8, 4) is 33.5 Å². The molecular weight excluding hydrogens is 428 g/mol. The number of thioether (sulfide) groups is 1. The molecule has 0 amide bonds. The van der Waals surface area contributed by atoms with Crippen molar-refractivity contribution < 1.29 is 9.47 Å². The minimum absolute atomic E-state index is 0.630. The molecule has 0 spiro atoms. The number of benzene rings is 2. The smallest absolute Gasteiger partial charge is 0.192 e. The number of methoxy groups -OCH3 is 2. The van der Waals surface area contributed by atoms with E-state index in [1.54, 1.807) is 37.3 Å². The molecule has 0 aliphatic carbocycles. The van der Waals surface area contributed by atoms with Crippen LogP contribution in [0.4, 0.5) is 0 Å². The summed E-state index contributed by atoms with van der Waals surface area (Å²) in [4.78, 5) is 4.78. The van der Waals surface area contributed by atoms with Crippen LogP contribution in [0.2, 0.25) is 0 Å². The molecule has 2 aromatic heterocycles. The number of hydrogen-bond acceptors (Lipinski definition) is 7. The molecule has 6 nitrogen and oxygen atoms in total. The van der Waals surface area contributed by atoms with Crippen LogP contribution in [0.3, 0.4) is 0 Å². The highest BCUT2D eigenvalue weighted by atomic mass is 32.2. The van der Waals surface area contributed by atoms with Crippen molar-refractivity contribution in [1.29, 1.82) is 0 Å². The fourth-order valence-corrected chi connectivity index (χ4v) is 4.79. The van der Waals surface area contributed by atoms with Crippen LogP contribution in [0.5, 0.6) is 11.5 Å². The van der Waals surface area contributed by atoms with E-state index in [-0.39, 0.29) is 0 Å². The SMILES string of the molecule is C=CCn1c(SCc2csc(-c3ccc(OC)cc3)n2)nnc1-c1ccc(OC)cc1.